The highest BCUT2D eigenvalue weighted by Crippen LogP contribution is 2.36. The number of nitro benzene ring substituents is 1. The minimum absolute atomic E-state index is 0.140. The van der Waals surface area contributed by atoms with Crippen LogP contribution in [0.2, 0.25) is 0 Å². The van der Waals surface area contributed by atoms with Gasteiger partial charge in [-0.05, 0) is 13.0 Å². The van der Waals surface area contributed by atoms with Crippen LogP contribution in [0.4, 0.5) is 18.9 Å². The monoisotopic (exact) mass is 325 g/mol. The molecular weight excluding hydrogens is 319 g/mol. The Labute approximate surface area is 108 Å². The summed E-state index contributed by atoms with van der Waals surface area (Å²) in [6.07, 6.45) is -4.83. The van der Waals surface area contributed by atoms with Crippen molar-refractivity contribution >= 4 is 27.4 Å². The van der Waals surface area contributed by atoms with Crippen molar-refractivity contribution in [3.05, 3.63) is 39.4 Å². The van der Waals surface area contributed by atoms with Crippen LogP contribution in [0.1, 0.15) is 22.8 Å². The number of alkyl halides is 4. The second-order valence-corrected chi connectivity index (χ2v) is 4.84. The van der Waals surface area contributed by atoms with Crippen LogP contribution in [0.25, 0.3) is 0 Å². The first-order chi connectivity index (χ1) is 8.14. The minimum atomic E-state index is -4.83. The third-order valence-electron chi connectivity index (χ3n) is 2.15. The minimum Gasteiger partial charge on any atom is -0.293 e. The Hall–Kier alpha value is -1.44. The summed E-state index contributed by atoms with van der Waals surface area (Å²) in [6, 6.07) is 2.11. The van der Waals surface area contributed by atoms with E-state index in [4.69, 9.17) is 0 Å². The average molecular weight is 326 g/mol. The van der Waals surface area contributed by atoms with Crippen LogP contribution in [0.3, 0.4) is 0 Å². The van der Waals surface area contributed by atoms with Gasteiger partial charge in [0.2, 0.25) is 0 Å². The van der Waals surface area contributed by atoms with Gasteiger partial charge in [-0.1, -0.05) is 22.0 Å². The zero-order valence-corrected chi connectivity index (χ0v) is 10.6. The van der Waals surface area contributed by atoms with E-state index in [0.29, 0.717) is 12.1 Å². The number of halogens is 4. The van der Waals surface area contributed by atoms with E-state index in [1.165, 1.54) is 6.92 Å². The van der Waals surface area contributed by atoms with Crippen molar-refractivity contribution in [2.45, 2.75) is 17.9 Å². The van der Waals surface area contributed by atoms with Gasteiger partial charge in [0.05, 0.1) is 9.75 Å². The van der Waals surface area contributed by atoms with Crippen molar-refractivity contribution in [3.63, 3.8) is 0 Å². The highest BCUT2D eigenvalue weighted by atomic mass is 79.9. The molecule has 0 aromatic heterocycles. The fraction of sp³-hybridized carbons (Fsp3) is 0.300. The van der Waals surface area contributed by atoms with Crippen LogP contribution in [-0.4, -0.2) is 15.5 Å². The highest BCUT2D eigenvalue weighted by Gasteiger charge is 2.38. The molecule has 0 aliphatic heterocycles. The maximum absolute atomic E-state index is 12.5. The van der Waals surface area contributed by atoms with Gasteiger partial charge in [0.1, 0.15) is 5.56 Å². The lowest BCUT2D eigenvalue weighted by atomic mass is 10.0. The molecule has 0 saturated carbocycles. The molecule has 0 radical (unpaired) electrons. The van der Waals surface area contributed by atoms with Gasteiger partial charge in [0, 0.05) is 11.6 Å². The molecule has 0 fully saturated rings. The maximum atomic E-state index is 12.5. The molecule has 18 heavy (non-hydrogen) atoms. The Bertz CT molecular complexity index is 500. The molecule has 0 amide bonds. The van der Waals surface area contributed by atoms with Crippen molar-refractivity contribution < 1.29 is 22.9 Å². The fourth-order valence-electron chi connectivity index (χ4n) is 1.31. The van der Waals surface area contributed by atoms with E-state index in [9.17, 15) is 28.1 Å². The SMILES string of the molecule is CC(Br)C(=O)c1ccc(C(F)(F)F)c([N+](=O)[O-])c1. The molecule has 1 atom stereocenters. The number of ketones is 1. The first kappa shape index (κ1) is 14.6. The summed E-state index contributed by atoms with van der Waals surface area (Å²) in [7, 11) is 0. The van der Waals surface area contributed by atoms with E-state index in [2.05, 4.69) is 15.9 Å². The van der Waals surface area contributed by atoms with Crippen molar-refractivity contribution in [3.8, 4) is 0 Å². The van der Waals surface area contributed by atoms with E-state index in [-0.39, 0.29) is 5.56 Å². The highest BCUT2D eigenvalue weighted by molar-refractivity contribution is 9.10. The van der Waals surface area contributed by atoms with Gasteiger partial charge < -0.3 is 0 Å². The number of nitro groups is 1. The molecule has 0 saturated heterocycles. The molecule has 1 aromatic carbocycles. The summed E-state index contributed by atoms with van der Waals surface area (Å²) in [5.74, 6) is -0.521. The lowest BCUT2D eigenvalue weighted by Gasteiger charge is -2.09. The number of carbonyl (C=O) groups is 1. The lowest BCUT2D eigenvalue weighted by Crippen LogP contribution is -2.13. The topological polar surface area (TPSA) is 60.2 Å². The second-order valence-electron chi connectivity index (χ2n) is 3.47. The van der Waals surface area contributed by atoms with Gasteiger partial charge in [-0.2, -0.15) is 13.2 Å². The number of Topliss-reactive ketones (excluding diaryl/α,β-unsaturated/α-hetero) is 1. The Kier molecular flexibility index (Phi) is 4.10. The van der Waals surface area contributed by atoms with Crippen molar-refractivity contribution in [1.29, 1.82) is 0 Å². The van der Waals surface area contributed by atoms with Crippen LogP contribution in [-0.2, 0) is 6.18 Å². The number of carbonyl (C=O) groups excluding carboxylic acids is 1. The fourth-order valence-corrected chi connectivity index (χ4v) is 1.57. The van der Waals surface area contributed by atoms with Gasteiger partial charge >= 0.3 is 6.18 Å². The third-order valence-corrected chi connectivity index (χ3v) is 2.56. The Morgan fingerprint density at radius 3 is 2.39 bits per heavy atom. The van der Waals surface area contributed by atoms with Crippen molar-refractivity contribution in [2.24, 2.45) is 0 Å². The van der Waals surface area contributed by atoms with Gasteiger partial charge in [0.25, 0.3) is 5.69 Å². The summed E-state index contributed by atoms with van der Waals surface area (Å²) in [5, 5.41) is 10.6. The maximum Gasteiger partial charge on any atom is 0.422 e. The van der Waals surface area contributed by atoms with E-state index >= 15 is 0 Å². The molecule has 0 N–H and O–H groups in total. The van der Waals surface area contributed by atoms with Crippen molar-refractivity contribution in [1.82, 2.24) is 0 Å². The molecule has 0 bridgehead atoms. The summed E-state index contributed by atoms with van der Waals surface area (Å²) in [6.45, 7) is 1.48. The van der Waals surface area contributed by atoms with Crippen LogP contribution < -0.4 is 0 Å². The number of nitrogens with zero attached hydrogens (tertiary/aromatic N) is 1. The predicted octanol–water partition coefficient (Wildman–Crippen LogP) is 3.58. The number of hydrogen-bond donors (Lipinski definition) is 0. The average Bonchev–Trinajstić information content (AvgIpc) is 2.25. The lowest BCUT2D eigenvalue weighted by molar-refractivity contribution is -0.388. The number of benzene rings is 1. The molecule has 0 heterocycles. The van der Waals surface area contributed by atoms with E-state index < -0.39 is 33.0 Å². The van der Waals surface area contributed by atoms with E-state index in [1.54, 1.807) is 0 Å². The summed E-state index contributed by atoms with van der Waals surface area (Å²) >= 11 is 2.95. The molecule has 1 rings (SSSR count). The van der Waals surface area contributed by atoms with Crippen LogP contribution in [0.15, 0.2) is 18.2 Å². The first-order valence-corrected chi connectivity index (χ1v) is 5.60. The van der Waals surface area contributed by atoms with E-state index in [1.807, 2.05) is 0 Å². The van der Waals surface area contributed by atoms with Crippen molar-refractivity contribution in [2.75, 3.05) is 0 Å². The molecule has 0 spiro atoms. The molecule has 8 heteroatoms. The first-order valence-electron chi connectivity index (χ1n) is 4.68. The Morgan fingerprint density at radius 1 is 1.44 bits per heavy atom. The zero-order chi connectivity index (χ0) is 14.1. The van der Waals surface area contributed by atoms with Gasteiger partial charge in [-0.15, -0.1) is 0 Å². The third kappa shape index (κ3) is 3.06. The summed E-state index contributed by atoms with van der Waals surface area (Å²) in [4.78, 5) is 20.3. The number of rotatable bonds is 3. The Morgan fingerprint density at radius 2 is 2.00 bits per heavy atom. The molecule has 1 aromatic rings. The van der Waals surface area contributed by atoms with Crippen LogP contribution >= 0.6 is 15.9 Å². The van der Waals surface area contributed by atoms with Gasteiger partial charge in [-0.3, -0.25) is 14.9 Å². The standard InChI is InChI=1S/C10H7BrF3NO3/c1-5(11)9(16)6-2-3-7(10(12,13)14)8(4-6)15(17)18/h2-5H,1H3. The molecule has 98 valence electrons. The molecular formula is C10H7BrF3NO3. The van der Waals surface area contributed by atoms with E-state index in [0.717, 1.165) is 6.07 Å². The Balaban J connectivity index is 3.37. The largest absolute Gasteiger partial charge is 0.422 e. The summed E-state index contributed by atoms with van der Waals surface area (Å²) < 4.78 is 37.5. The quantitative estimate of drug-likeness (QED) is 0.369. The summed E-state index contributed by atoms with van der Waals surface area (Å²) in [5.41, 5.74) is -2.63. The van der Waals surface area contributed by atoms with Gasteiger partial charge in [-0.25, -0.2) is 0 Å². The van der Waals surface area contributed by atoms with Crippen LogP contribution in [0, 0.1) is 10.1 Å². The normalized spacial score (nSPS) is 13.2. The second kappa shape index (κ2) is 5.05. The molecule has 4 nitrogen and oxygen atoms in total. The molecule has 0 aliphatic rings. The van der Waals surface area contributed by atoms with Gasteiger partial charge in [0.15, 0.2) is 5.78 Å². The predicted molar refractivity (Wildman–Crippen MR) is 60.8 cm³/mol. The smallest absolute Gasteiger partial charge is 0.293 e. The number of hydrogen-bond acceptors (Lipinski definition) is 3. The molecule has 0 aliphatic carbocycles. The zero-order valence-electron chi connectivity index (χ0n) is 8.99. The molecule has 1 unspecified atom stereocenters. The van der Waals surface area contributed by atoms with Crippen LogP contribution in [0.5, 0.6) is 0 Å².